The molecule has 0 bridgehead atoms. The summed E-state index contributed by atoms with van der Waals surface area (Å²) in [6.45, 7) is 0. The van der Waals surface area contributed by atoms with Gasteiger partial charge in [0.15, 0.2) is 0 Å². The lowest BCUT2D eigenvalue weighted by Gasteiger charge is -2.18. The number of halogens is 2. The molecule has 48 heavy (non-hydrogen) atoms. The zero-order valence-corrected chi connectivity index (χ0v) is 26.6. The first kappa shape index (κ1) is 30.6. The van der Waals surface area contributed by atoms with E-state index in [2.05, 4.69) is 48.5 Å². The smallest absolute Gasteiger partial charge is 0.131 e. The minimum absolute atomic E-state index is 0.338. The molecule has 2 nitrogen and oxygen atoms in total. The molecule has 7 aromatic rings. The molecule has 0 unspecified atom stereocenters. The Morgan fingerprint density at radius 1 is 0.312 bits per heavy atom. The van der Waals surface area contributed by atoms with Crippen LogP contribution in [0.1, 0.15) is 0 Å². The van der Waals surface area contributed by atoms with Crippen molar-refractivity contribution in [2.45, 2.75) is 0 Å². The van der Waals surface area contributed by atoms with Crippen LogP contribution in [-0.2, 0) is 0 Å². The van der Waals surface area contributed by atoms with E-state index in [0.29, 0.717) is 33.8 Å². The van der Waals surface area contributed by atoms with Crippen molar-refractivity contribution in [2.75, 3.05) is 14.2 Å². The molecule has 0 amide bonds. The molecule has 0 radical (unpaired) electrons. The minimum atomic E-state index is -0.417. The van der Waals surface area contributed by atoms with Gasteiger partial charge in [-0.2, -0.15) is 0 Å². The van der Waals surface area contributed by atoms with Crippen LogP contribution in [0.2, 0.25) is 0 Å². The van der Waals surface area contributed by atoms with Gasteiger partial charge in [0.05, 0.1) is 14.2 Å². The van der Waals surface area contributed by atoms with E-state index in [1.54, 1.807) is 24.3 Å². The molecule has 7 rings (SSSR count). The molecule has 0 aliphatic heterocycles. The number of hydrogen-bond acceptors (Lipinski definition) is 2. The third kappa shape index (κ3) is 6.08. The van der Waals surface area contributed by atoms with Crippen molar-refractivity contribution >= 4 is 0 Å². The Bertz CT molecular complexity index is 2070. The fourth-order valence-electron chi connectivity index (χ4n) is 6.16. The molecule has 0 spiro atoms. The van der Waals surface area contributed by atoms with Gasteiger partial charge >= 0.3 is 0 Å². The highest BCUT2D eigenvalue weighted by Gasteiger charge is 2.20. The largest absolute Gasteiger partial charge is 0.496 e. The highest BCUT2D eigenvalue weighted by atomic mass is 19.1. The summed E-state index contributed by atoms with van der Waals surface area (Å²) in [6, 6.07) is 50.1. The molecule has 0 heterocycles. The maximum absolute atomic E-state index is 15.7. The minimum Gasteiger partial charge on any atom is -0.496 e. The Labute approximate surface area is 279 Å². The summed E-state index contributed by atoms with van der Waals surface area (Å²) in [7, 11) is 3.06. The van der Waals surface area contributed by atoms with Crippen molar-refractivity contribution in [3.05, 3.63) is 169 Å². The zero-order chi connectivity index (χ0) is 33.0. The molecule has 0 atom stereocenters. The average molecular weight is 631 g/mol. The van der Waals surface area contributed by atoms with Crippen LogP contribution in [0.15, 0.2) is 158 Å². The summed E-state index contributed by atoms with van der Waals surface area (Å²) in [4.78, 5) is 0. The maximum atomic E-state index is 15.7. The number of hydrogen-bond donors (Lipinski definition) is 0. The van der Waals surface area contributed by atoms with E-state index in [0.717, 1.165) is 44.5 Å². The topological polar surface area (TPSA) is 18.5 Å². The first-order valence-electron chi connectivity index (χ1n) is 15.7. The number of methoxy groups -OCH3 is 2. The van der Waals surface area contributed by atoms with E-state index in [1.807, 2.05) is 72.8 Å². The van der Waals surface area contributed by atoms with Gasteiger partial charge in [-0.1, -0.05) is 109 Å². The van der Waals surface area contributed by atoms with Crippen LogP contribution in [0.25, 0.3) is 66.8 Å². The lowest BCUT2D eigenvalue weighted by atomic mass is 9.92. The van der Waals surface area contributed by atoms with Gasteiger partial charge in [0.2, 0.25) is 0 Å². The molecule has 0 N–H and O–H groups in total. The molecule has 0 fully saturated rings. The van der Waals surface area contributed by atoms with Gasteiger partial charge in [0, 0.05) is 28.3 Å². The molecule has 0 aliphatic carbocycles. The van der Waals surface area contributed by atoms with Gasteiger partial charge in [-0.05, 0) is 87.0 Å². The van der Waals surface area contributed by atoms with Gasteiger partial charge in [0.1, 0.15) is 23.1 Å². The highest BCUT2D eigenvalue weighted by Crippen LogP contribution is 2.44. The number of rotatable bonds is 8. The first-order chi connectivity index (χ1) is 23.5. The van der Waals surface area contributed by atoms with E-state index in [9.17, 15) is 0 Å². The lowest BCUT2D eigenvalue weighted by Crippen LogP contribution is -1.97. The maximum Gasteiger partial charge on any atom is 0.131 e. The van der Waals surface area contributed by atoms with E-state index >= 15 is 8.78 Å². The molecule has 234 valence electrons. The van der Waals surface area contributed by atoms with Gasteiger partial charge in [-0.3, -0.25) is 0 Å². The SMILES string of the molecule is COc1cc(OC)c(-c2cc(-c3cccc(-c4ccccc4)c3)ccc2F)cc1-c1cc(-c2cccc(-c3ccccc3)c2)ccc1F. The predicted octanol–water partition coefficient (Wildman–Crippen LogP) is 12.0. The summed E-state index contributed by atoms with van der Waals surface area (Å²) < 4.78 is 43.0. The van der Waals surface area contributed by atoms with Crippen LogP contribution in [-0.4, -0.2) is 14.2 Å². The molecule has 0 aliphatic rings. The second-order valence-electron chi connectivity index (χ2n) is 11.5. The fraction of sp³-hybridized carbons (Fsp3) is 0.0455. The van der Waals surface area contributed by atoms with Gasteiger partial charge in [0.25, 0.3) is 0 Å². The van der Waals surface area contributed by atoms with Crippen LogP contribution in [0.4, 0.5) is 8.78 Å². The van der Waals surface area contributed by atoms with Crippen molar-refractivity contribution in [1.29, 1.82) is 0 Å². The van der Waals surface area contributed by atoms with Crippen molar-refractivity contribution in [3.63, 3.8) is 0 Å². The third-order valence-electron chi connectivity index (χ3n) is 8.64. The summed E-state index contributed by atoms with van der Waals surface area (Å²) in [6.07, 6.45) is 0. The Balaban J connectivity index is 1.33. The third-order valence-corrected chi connectivity index (χ3v) is 8.64. The predicted molar refractivity (Wildman–Crippen MR) is 192 cm³/mol. The van der Waals surface area contributed by atoms with Crippen LogP contribution in [0.3, 0.4) is 0 Å². The molecule has 0 saturated heterocycles. The van der Waals surface area contributed by atoms with Gasteiger partial charge in [-0.15, -0.1) is 0 Å². The quantitative estimate of drug-likeness (QED) is 0.166. The Morgan fingerprint density at radius 2 is 0.667 bits per heavy atom. The molecule has 0 saturated carbocycles. The van der Waals surface area contributed by atoms with Crippen LogP contribution in [0.5, 0.6) is 11.5 Å². The van der Waals surface area contributed by atoms with E-state index in [1.165, 1.54) is 26.4 Å². The molecule has 0 aromatic heterocycles. The molecule has 7 aromatic carbocycles. The fourth-order valence-corrected chi connectivity index (χ4v) is 6.16. The normalized spacial score (nSPS) is 10.9. The summed E-state index contributed by atoms with van der Waals surface area (Å²) in [5.74, 6) is -0.00715. The highest BCUT2D eigenvalue weighted by molar-refractivity contribution is 5.86. The Hall–Kier alpha value is -6.00. The monoisotopic (exact) mass is 630 g/mol. The summed E-state index contributed by atoms with van der Waals surface area (Å²) >= 11 is 0. The Morgan fingerprint density at radius 3 is 1.06 bits per heavy atom. The zero-order valence-electron chi connectivity index (χ0n) is 26.6. The van der Waals surface area contributed by atoms with E-state index in [-0.39, 0.29) is 0 Å². The number of ether oxygens (including phenoxy) is 2. The van der Waals surface area contributed by atoms with E-state index < -0.39 is 11.6 Å². The lowest BCUT2D eigenvalue weighted by molar-refractivity contribution is 0.396. The van der Waals surface area contributed by atoms with Crippen LogP contribution < -0.4 is 9.47 Å². The van der Waals surface area contributed by atoms with Crippen molar-refractivity contribution in [2.24, 2.45) is 0 Å². The van der Waals surface area contributed by atoms with Crippen molar-refractivity contribution < 1.29 is 18.3 Å². The second-order valence-corrected chi connectivity index (χ2v) is 11.5. The van der Waals surface area contributed by atoms with Gasteiger partial charge < -0.3 is 9.47 Å². The first-order valence-corrected chi connectivity index (χ1v) is 15.7. The molecule has 4 heteroatoms. The van der Waals surface area contributed by atoms with Crippen molar-refractivity contribution in [3.8, 4) is 78.3 Å². The Kier molecular flexibility index (Phi) is 8.55. The van der Waals surface area contributed by atoms with Crippen LogP contribution >= 0.6 is 0 Å². The number of benzene rings is 7. The van der Waals surface area contributed by atoms with Crippen molar-refractivity contribution in [1.82, 2.24) is 0 Å². The molecular weight excluding hydrogens is 598 g/mol. The second kappa shape index (κ2) is 13.4. The van der Waals surface area contributed by atoms with Crippen LogP contribution in [0, 0.1) is 11.6 Å². The summed E-state index contributed by atoms with van der Waals surface area (Å²) in [5, 5.41) is 0. The van der Waals surface area contributed by atoms with E-state index in [4.69, 9.17) is 9.47 Å². The standard InChI is InChI=1S/C44H32F2O2/c1-47-43-28-44(48-2)40(38-26-36(20-22-42(38)46)34-18-10-16-32(24-34)30-13-7-4-8-14-30)27-39(43)37-25-35(19-21-41(37)45)33-17-9-15-31(23-33)29-11-5-3-6-12-29/h3-28H,1-2H3. The molecular formula is C44H32F2O2. The summed E-state index contributed by atoms with van der Waals surface area (Å²) in [5.41, 5.74) is 9.55. The van der Waals surface area contributed by atoms with Gasteiger partial charge in [-0.25, -0.2) is 8.78 Å². The average Bonchev–Trinajstić information content (AvgIpc) is 3.15.